The summed E-state index contributed by atoms with van der Waals surface area (Å²) in [6.45, 7) is 6.18. The Morgan fingerprint density at radius 2 is 1.35 bits per heavy atom. The van der Waals surface area contributed by atoms with Gasteiger partial charge in [0.2, 0.25) is 0 Å². The van der Waals surface area contributed by atoms with Crippen LogP contribution < -0.4 is 0 Å². The van der Waals surface area contributed by atoms with Crippen LogP contribution in [0.2, 0.25) is 0 Å². The number of carbonyl (C=O) groups is 1. The molecule has 0 aromatic rings. The van der Waals surface area contributed by atoms with Crippen LogP contribution in [0.1, 0.15) is 96.8 Å². The highest BCUT2D eigenvalue weighted by Gasteiger charge is 2.01. The molecule has 0 atom stereocenters. The highest BCUT2D eigenvalue weighted by atomic mass is 16.4. The van der Waals surface area contributed by atoms with Crippen LogP contribution in [-0.2, 0) is 4.79 Å². The minimum Gasteiger partial charge on any atom is -0.508 e. The largest absolute Gasteiger partial charge is 0.508 e. The molecule has 0 aliphatic heterocycles. The van der Waals surface area contributed by atoms with Crippen molar-refractivity contribution >= 4 is 5.97 Å². The van der Waals surface area contributed by atoms with Crippen LogP contribution in [0.3, 0.4) is 0 Å². The highest BCUT2D eigenvalue weighted by Crippen LogP contribution is 2.17. The van der Waals surface area contributed by atoms with Gasteiger partial charge in [-0.25, -0.2) is 0 Å². The van der Waals surface area contributed by atoms with Gasteiger partial charge in [0.05, 0.1) is 0 Å². The fourth-order valence-electron chi connectivity index (χ4n) is 2.58. The number of carboxylic acids is 1. The van der Waals surface area contributed by atoms with Gasteiger partial charge in [-0.2, -0.15) is 0 Å². The molecule has 0 aromatic heterocycles. The third-order valence-corrected chi connectivity index (χ3v) is 4.13. The Bertz CT molecular complexity index is 345. The van der Waals surface area contributed by atoms with E-state index in [2.05, 4.69) is 13.5 Å². The first-order valence-electron chi connectivity index (χ1n) is 9.37. The van der Waals surface area contributed by atoms with Crippen molar-refractivity contribution in [3.8, 4) is 0 Å². The number of aliphatic hydroxyl groups excluding tert-OH is 1. The Morgan fingerprint density at radius 3 is 1.96 bits per heavy atom. The molecule has 0 aliphatic carbocycles. The number of hydrogen-bond donors (Lipinski definition) is 2. The molecule has 0 aromatic carbocycles. The quantitative estimate of drug-likeness (QED) is 0.192. The molecule has 134 valence electrons. The molecule has 23 heavy (non-hydrogen) atoms. The van der Waals surface area contributed by atoms with Crippen molar-refractivity contribution in [3.63, 3.8) is 0 Å². The van der Waals surface area contributed by atoms with E-state index in [4.69, 9.17) is 5.11 Å². The predicted molar refractivity (Wildman–Crippen MR) is 97.8 cm³/mol. The number of carboxylic acid groups (broad SMARTS) is 1. The van der Waals surface area contributed by atoms with E-state index < -0.39 is 5.97 Å². The maximum absolute atomic E-state index is 10.4. The molecule has 0 bridgehead atoms. The van der Waals surface area contributed by atoms with Crippen LogP contribution >= 0.6 is 0 Å². The lowest BCUT2D eigenvalue weighted by molar-refractivity contribution is -0.137. The molecular formula is C20H36O3. The zero-order valence-corrected chi connectivity index (χ0v) is 15.0. The standard InChI is InChI=1S/C20H36O3/c1-3-4-5-6-7-10-13-16-19(21)18(2)15-12-9-8-11-14-17-20(22)23/h16,21H,2-15,17H2,1H3,(H,22,23). The fourth-order valence-corrected chi connectivity index (χ4v) is 2.58. The molecule has 0 heterocycles. The summed E-state index contributed by atoms with van der Waals surface area (Å²) in [7, 11) is 0. The summed E-state index contributed by atoms with van der Waals surface area (Å²) in [5.74, 6) is -0.344. The maximum atomic E-state index is 10.4. The van der Waals surface area contributed by atoms with E-state index >= 15 is 0 Å². The van der Waals surface area contributed by atoms with Crippen LogP contribution in [0.25, 0.3) is 0 Å². The van der Waals surface area contributed by atoms with Gasteiger partial charge >= 0.3 is 5.97 Å². The smallest absolute Gasteiger partial charge is 0.303 e. The maximum Gasteiger partial charge on any atom is 0.303 e. The Morgan fingerprint density at radius 1 is 0.826 bits per heavy atom. The zero-order chi connectivity index (χ0) is 17.3. The van der Waals surface area contributed by atoms with E-state index in [1.807, 2.05) is 6.08 Å². The molecular weight excluding hydrogens is 288 g/mol. The van der Waals surface area contributed by atoms with Crippen molar-refractivity contribution < 1.29 is 15.0 Å². The molecule has 0 aliphatic rings. The van der Waals surface area contributed by atoms with Crippen LogP contribution in [-0.4, -0.2) is 16.2 Å². The minimum atomic E-state index is -0.709. The van der Waals surface area contributed by atoms with E-state index in [1.54, 1.807) is 0 Å². The molecule has 0 unspecified atom stereocenters. The second-order valence-electron chi connectivity index (χ2n) is 6.41. The Hall–Kier alpha value is -1.25. The minimum absolute atomic E-state index is 0.272. The first-order valence-corrected chi connectivity index (χ1v) is 9.37. The number of hydrogen-bond acceptors (Lipinski definition) is 2. The van der Waals surface area contributed by atoms with Crippen molar-refractivity contribution in [1.82, 2.24) is 0 Å². The van der Waals surface area contributed by atoms with Crippen molar-refractivity contribution in [2.45, 2.75) is 96.8 Å². The van der Waals surface area contributed by atoms with Crippen LogP contribution in [0.4, 0.5) is 0 Å². The zero-order valence-electron chi connectivity index (χ0n) is 15.0. The van der Waals surface area contributed by atoms with Crippen molar-refractivity contribution in [2.75, 3.05) is 0 Å². The lowest BCUT2D eigenvalue weighted by atomic mass is 10.0. The second-order valence-corrected chi connectivity index (χ2v) is 6.41. The summed E-state index contributed by atoms with van der Waals surface area (Å²) in [5.41, 5.74) is 0.835. The highest BCUT2D eigenvalue weighted by molar-refractivity contribution is 5.66. The van der Waals surface area contributed by atoms with Crippen molar-refractivity contribution in [3.05, 3.63) is 24.0 Å². The molecule has 0 radical (unpaired) electrons. The van der Waals surface area contributed by atoms with Gasteiger partial charge in [0, 0.05) is 6.42 Å². The Balaban J connectivity index is 3.53. The average Bonchev–Trinajstić information content (AvgIpc) is 2.52. The molecule has 3 nitrogen and oxygen atoms in total. The number of aliphatic hydroxyl groups is 1. The molecule has 0 spiro atoms. The summed E-state index contributed by atoms with van der Waals surface area (Å²) >= 11 is 0. The monoisotopic (exact) mass is 324 g/mol. The predicted octanol–water partition coefficient (Wildman–Crippen LogP) is 6.55. The normalized spacial score (nSPS) is 11.6. The summed E-state index contributed by atoms with van der Waals surface area (Å²) < 4.78 is 0. The van der Waals surface area contributed by atoms with E-state index in [0.717, 1.165) is 56.9 Å². The number of aliphatic carboxylic acids is 1. The van der Waals surface area contributed by atoms with E-state index in [9.17, 15) is 9.90 Å². The first-order chi connectivity index (χ1) is 11.1. The number of unbranched alkanes of at least 4 members (excludes halogenated alkanes) is 10. The van der Waals surface area contributed by atoms with Crippen LogP contribution in [0.15, 0.2) is 24.0 Å². The molecule has 0 amide bonds. The van der Waals surface area contributed by atoms with Crippen LogP contribution in [0, 0.1) is 0 Å². The van der Waals surface area contributed by atoms with Crippen molar-refractivity contribution in [1.29, 1.82) is 0 Å². The lowest BCUT2D eigenvalue weighted by Gasteiger charge is -2.05. The van der Waals surface area contributed by atoms with E-state index in [-0.39, 0.29) is 6.42 Å². The van der Waals surface area contributed by atoms with E-state index in [0.29, 0.717) is 5.76 Å². The van der Waals surface area contributed by atoms with Gasteiger partial charge in [-0.1, -0.05) is 64.9 Å². The number of rotatable bonds is 16. The average molecular weight is 325 g/mol. The van der Waals surface area contributed by atoms with Crippen molar-refractivity contribution in [2.24, 2.45) is 0 Å². The Kier molecular flexibility index (Phi) is 14.8. The Labute approximate surface area is 142 Å². The van der Waals surface area contributed by atoms with Gasteiger partial charge in [0.1, 0.15) is 5.76 Å². The lowest BCUT2D eigenvalue weighted by Crippen LogP contribution is -1.93. The summed E-state index contributed by atoms with van der Waals surface area (Å²) in [4.78, 5) is 10.4. The first kappa shape index (κ1) is 21.8. The molecule has 0 rings (SSSR count). The van der Waals surface area contributed by atoms with Gasteiger partial charge < -0.3 is 10.2 Å². The summed E-state index contributed by atoms with van der Waals surface area (Å²) in [5, 5.41) is 18.5. The molecule has 3 heteroatoms. The fraction of sp³-hybridized carbons (Fsp3) is 0.750. The van der Waals surface area contributed by atoms with E-state index in [1.165, 1.54) is 32.1 Å². The summed E-state index contributed by atoms with van der Waals surface area (Å²) in [6.07, 6.45) is 16.4. The topological polar surface area (TPSA) is 57.5 Å². The second kappa shape index (κ2) is 15.6. The molecule has 0 saturated heterocycles. The SMILES string of the molecule is C=C(CCCCCCCC(=O)O)C(O)=CCCCCCCCC. The summed E-state index contributed by atoms with van der Waals surface area (Å²) in [6, 6.07) is 0. The molecule has 0 fully saturated rings. The third kappa shape index (κ3) is 15.4. The molecule has 0 saturated carbocycles. The molecule has 2 N–H and O–H groups in total. The van der Waals surface area contributed by atoms with Gasteiger partial charge in [-0.3, -0.25) is 4.79 Å². The van der Waals surface area contributed by atoms with Gasteiger partial charge in [0.15, 0.2) is 0 Å². The third-order valence-electron chi connectivity index (χ3n) is 4.13. The van der Waals surface area contributed by atoms with Gasteiger partial charge in [0.25, 0.3) is 0 Å². The number of allylic oxidation sites excluding steroid dienone is 2. The van der Waals surface area contributed by atoms with Gasteiger partial charge in [-0.15, -0.1) is 0 Å². The van der Waals surface area contributed by atoms with Crippen LogP contribution in [0.5, 0.6) is 0 Å². The van der Waals surface area contributed by atoms with Gasteiger partial charge in [-0.05, 0) is 43.8 Å².